The molecule has 2 aromatic rings. The fraction of sp³-hybridized carbons (Fsp3) is 0.500. The van der Waals surface area contributed by atoms with Crippen LogP contribution in [0.25, 0.3) is 5.69 Å². The van der Waals surface area contributed by atoms with Gasteiger partial charge < -0.3 is 9.64 Å². The summed E-state index contributed by atoms with van der Waals surface area (Å²) in [6.07, 6.45) is 2.26. The van der Waals surface area contributed by atoms with Crippen LogP contribution < -0.4 is 5.56 Å². The van der Waals surface area contributed by atoms with Gasteiger partial charge in [0.25, 0.3) is 11.5 Å². The van der Waals surface area contributed by atoms with Crippen LogP contribution in [0.15, 0.2) is 41.2 Å². The Morgan fingerprint density at radius 2 is 2.00 bits per heavy atom. The van der Waals surface area contributed by atoms with Crippen molar-refractivity contribution in [1.29, 1.82) is 0 Å². The van der Waals surface area contributed by atoms with Gasteiger partial charge in [-0.05, 0) is 30.9 Å². The third kappa shape index (κ3) is 3.70. The molecule has 3 saturated heterocycles. The SMILES string of the molecule is COCCN1C[C@H]2CC[C@@H]1CN(C(=O)c1cc(=O)n(-c3ccccc3)[nH]1)C2. The van der Waals surface area contributed by atoms with Crippen molar-refractivity contribution in [3.05, 3.63) is 52.4 Å². The van der Waals surface area contributed by atoms with E-state index in [1.54, 1.807) is 7.11 Å². The van der Waals surface area contributed by atoms with Crippen molar-refractivity contribution in [2.75, 3.05) is 39.9 Å². The van der Waals surface area contributed by atoms with Crippen molar-refractivity contribution in [2.24, 2.45) is 5.92 Å². The average molecular weight is 370 g/mol. The fourth-order valence-corrected chi connectivity index (χ4v) is 4.27. The number of carbonyl (C=O) groups excluding carboxylic acids is 1. The van der Waals surface area contributed by atoms with Gasteiger partial charge in [-0.3, -0.25) is 19.6 Å². The van der Waals surface area contributed by atoms with Gasteiger partial charge in [-0.2, -0.15) is 0 Å². The molecule has 27 heavy (non-hydrogen) atoms. The van der Waals surface area contributed by atoms with Crippen LogP contribution in [0.4, 0.5) is 0 Å². The maximum Gasteiger partial charge on any atom is 0.272 e. The van der Waals surface area contributed by atoms with Gasteiger partial charge in [0.2, 0.25) is 0 Å². The van der Waals surface area contributed by atoms with E-state index in [-0.39, 0.29) is 11.5 Å². The summed E-state index contributed by atoms with van der Waals surface area (Å²) in [4.78, 5) is 29.8. The molecule has 3 aliphatic rings. The van der Waals surface area contributed by atoms with E-state index in [4.69, 9.17) is 4.74 Å². The molecule has 1 N–H and O–H groups in total. The van der Waals surface area contributed by atoms with Crippen molar-refractivity contribution < 1.29 is 9.53 Å². The number of piperidine rings is 1. The first-order valence-electron chi connectivity index (χ1n) is 9.55. The van der Waals surface area contributed by atoms with E-state index in [0.717, 1.165) is 38.2 Å². The Morgan fingerprint density at radius 1 is 1.19 bits per heavy atom. The minimum atomic E-state index is -0.218. The monoisotopic (exact) mass is 370 g/mol. The molecule has 0 aliphatic carbocycles. The molecule has 1 amide bonds. The van der Waals surface area contributed by atoms with Gasteiger partial charge in [0.15, 0.2) is 0 Å². The van der Waals surface area contributed by atoms with E-state index >= 15 is 0 Å². The van der Waals surface area contributed by atoms with E-state index < -0.39 is 0 Å². The minimum Gasteiger partial charge on any atom is -0.383 e. The average Bonchev–Trinajstić information content (AvgIpc) is 2.87. The Bertz CT molecular complexity index is 844. The van der Waals surface area contributed by atoms with Gasteiger partial charge in [0, 0.05) is 45.4 Å². The first-order chi connectivity index (χ1) is 13.2. The van der Waals surface area contributed by atoms with E-state index in [2.05, 4.69) is 10.00 Å². The van der Waals surface area contributed by atoms with Crippen LogP contribution in [-0.2, 0) is 4.74 Å². The summed E-state index contributed by atoms with van der Waals surface area (Å²) >= 11 is 0. The van der Waals surface area contributed by atoms with Gasteiger partial charge in [-0.1, -0.05) is 18.2 Å². The Balaban J connectivity index is 1.53. The number of amides is 1. The van der Waals surface area contributed by atoms with Crippen LogP contribution in [0.3, 0.4) is 0 Å². The zero-order valence-electron chi connectivity index (χ0n) is 15.6. The van der Waals surface area contributed by atoms with Crippen LogP contribution in [0.5, 0.6) is 0 Å². The van der Waals surface area contributed by atoms with Crippen molar-refractivity contribution in [3.63, 3.8) is 0 Å². The van der Waals surface area contributed by atoms with E-state index in [9.17, 15) is 9.59 Å². The Hall–Kier alpha value is -2.38. The molecule has 7 heteroatoms. The lowest BCUT2D eigenvalue weighted by Gasteiger charge is -2.35. The first-order valence-corrected chi connectivity index (χ1v) is 9.55. The summed E-state index contributed by atoms with van der Waals surface area (Å²) in [5, 5.41) is 2.99. The highest BCUT2D eigenvalue weighted by Crippen LogP contribution is 2.28. The lowest BCUT2D eigenvalue weighted by molar-refractivity contribution is 0.0712. The lowest BCUT2D eigenvalue weighted by atomic mass is 9.95. The number of methoxy groups -OCH3 is 1. The summed E-state index contributed by atoms with van der Waals surface area (Å²) in [5.41, 5.74) is 0.862. The van der Waals surface area contributed by atoms with Gasteiger partial charge >= 0.3 is 0 Å². The predicted molar refractivity (Wildman–Crippen MR) is 102 cm³/mol. The number of para-hydroxylation sites is 1. The summed E-state index contributed by atoms with van der Waals surface area (Å²) in [6, 6.07) is 11.1. The zero-order valence-corrected chi connectivity index (χ0v) is 15.6. The first kappa shape index (κ1) is 18.0. The molecule has 7 nitrogen and oxygen atoms in total. The van der Waals surface area contributed by atoms with Crippen LogP contribution in [0.2, 0.25) is 0 Å². The van der Waals surface area contributed by atoms with Crippen LogP contribution in [-0.4, -0.2) is 71.4 Å². The predicted octanol–water partition coefficient (Wildman–Crippen LogP) is 1.35. The molecule has 0 spiro atoms. The second kappa shape index (κ2) is 7.70. The van der Waals surface area contributed by atoms with Crippen LogP contribution in [0.1, 0.15) is 23.3 Å². The Morgan fingerprint density at radius 3 is 2.78 bits per heavy atom. The quantitative estimate of drug-likeness (QED) is 0.863. The van der Waals surface area contributed by atoms with Gasteiger partial charge in [-0.25, -0.2) is 4.68 Å². The lowest BCUT2D eigenvalue weighted by Crippen LogP contribution is -2.45. The fourth-order valence-electron chi connectivity index (χ4n) is 4.27. The number of hydrogen-bond acceptors (Lipinski definition) is 4. The molecule has 1 aromatic heterocycles. The highest BCUT2D eigenvalue weighted by Gasteiger charge is 2.36. The molecule has 1 aromatic carbocycles. The summed E-state index contributed by atoms with van der Waals surface area (Å²) in [7, 11) is 1.72. The van der Waals surface area contributed by atoms with E-state index in [1.807, 2.05) is 35.2 Å². The number of benzene rings is 1. The molecular formula is C20H26N4O3. The standard InChI is InChI=1S/C20H26N4O3/c1-27-10-9-22-12-15-7-8-17(22)14-23(13-15)20(26)18-11-19(25)24(21-18)16-5-3-2-4-6-16/h2-6,11,15,17,21H,7-10,12-14H2,1H3/t15-,17-/m1/s1. The summed E-state index contributed by atoms with van der Waals surface area (Å²) in [6.45, 7) is 4.08. The molecule has 3 fully saturated rings. The number of H-pyrrole nitrogens is 1. The number of fused-ring (bicyclic) bond motifs is 4. The molecule has 144 valence electrons. The second-order valence-corrected chi connectivity index (χ2v) is 7.47. The number of hydrogen-bond donors (Lipinski definition) is 1. The normalized spacial score (nSPS) is 22.8. The van der Waals surface area contributed by atoms with Gasteiger partial charge in [0.1, 0.15) is 5.69 Å². The third-order valence-electron chi connectivity index (χ3n) is 5.66. The maximum atomic E-state index is 13.1. The molecule has 4 heterocycles. The van der Waals surface area contributed by atoms with Crippen molar-refractivity contribution in [2.45, 2.75) is 18.9 Å². The van der Waals surface area contributed by atoms with Crippen molar-refractivity contribution in [3.8, 4) is 5.69 Å². The van der Waals surface area contributed by atoms with Crippen LogP contribution in [0, 0.1) is 5.92 Å². The van der Waals surface area contributed by atoms with Crippen molar-refractivity contribution in [1.82, 2.24) is 19.6 Å². The zero-order chi connectivity index (χ0) is 18.8. The largest absolute Gasteiger partial charge is 0.383 e. The van der Waals surface area contributed by atoms with Gasteiger partial charge in [-0.15, -0.1) is 0 Å². The van der Waals surface area contributed by atoms with Crippen LogP contribution >= 0.6 is 0 Å². The number of aromatic nitrogens is 2. The maximum absolute atomic E-state index is 13.1. The number of aromatic amines is 1. The van der Waals surface area contributed by atoms with Gasteiger partial charge in [0.05, 0.1) is 12.3 Å². The molecule has 2 bridgehead atoms. The van der Waals surface area contributed by atoms with E-state index in [1.165, 1.54) is 10.7 Å². The summed E-state index contributed by atoms with van der Waals surface area (Å²) < 4.78 is 6.65. The second-order valence-electron chi connectivity index (χ2n) is 7.47. The highest BCUT2D eigenvalue weighted by molar-refractivity contribution is 5.92. The number of ether oxygens (including phenoxy) is 1. The molecule has 0 radical (unpaired) electrons. The van der Waals surface area contributed by atoms with E-state index in [0.29, 0.717) is 30.8 Å². The van der Waals surface area contributed by atoms with Crippen molar-refractivity contribution >= 4 is 5.91 Å². The third-order valence-corrected chi connectivity index (χ3v) is 5.66. The minimum absolute atomic E-state index is 0.0905. The number of carbonyl (C=O) groups is 1. The molecule has 2 atom stereocenters. The smallest absolute Gasteiger partial charge is 0.272 e. The summed E-state index contributed by atoms with van der Waals surface area (Å²) in [5.74, 6) is 0.389. The number of rotatable bonds is 5. The molecule has 3 aliphatic heterocycles. The molecular weight excluding hydrogens is 344 g/mol. The Kier molecular flexibility index (Phi) is 5.13. The molecule has 5 rings (SSSR count). The number of nitrogens with one attached hydrogen (secondary N) is 1. The molecule has 0 saturated carbocycles. The Labute approximate surface area is 158 Å². The molecule has 0 unspecified atom stereocenters. The number of nitrogens with zero attached hydrogens (tertiary/aromatic N) is 3. The topological polar surface area (TPSA) is 70.6 Å². The highest BCUT2D eigenvalue weighted by atomic mass is 16.5.